The topological polar surface area (TPSA) is 121 Å². The minimum Gasteiger partial charge on any atom is -0.350 e. The fourth-order valence-electron chi connectivity index (χ4n) is 3.10. The van der Waals surface area contributed by atoms with Crippen LogP contribution in [-0.2, 0) is 24.2 Å². The molecule has 1 aromatic carbocycles. The van der Waals surface area contributed by atoms with Crippen LogP contribution in [0.1, 0.15) is 41.2 Å². The predicted octanol–water partition coefficient (Wildman–Crippen LogP) is 1.83. The molecule has 0 fully saturated rings. The van der Waals surface area contributed by atoms with Crippen LogP contribution in [-0.4, -0.2) is 44.9 Å². The SMILES string of the molecule is CC(C)CNC(=O)c1n[nH]c2c1CN(C(=O)Cc1ccc([N+](=O)[O-])cc1)CC2. The number of rotatable bonds is 6. The number of nitro groups is 1. The number of H-pyrrole nitrogens is 1. The van der Waals surface area contributed by atoms with Gasteiger partial charge in [0.2, 0.25) is 5.91 Å². The van der Waals surface area contributed by atoms with Gasteiger partial charge in [-0.15, -0.1) is 0 Å². The Bertz CT molecular complexity index is 888. The molecule has 2 amide bonds. The maximum absolute atomic E-state index is 12.7. The Hall–Kier alpha value is -3.23. The van der Waals surface area contributed by atoms with Crippen LogP contribution in [0.4, 0.5) is 5.69 Å². The number of carbonyl (C=O) groups excluding carboxylic acids is 2. The van der Waals surface area contributed by atoms with E-state index >= 15 is 0 Å². The van der Waals surface area contributed by atoms with E-state index in [1.165, 1.54) is 12.1 Å². The van der Waals surface area contributed by atoms with Crippen molar-refractivity contribution in [3.63, 3.8) is 0 Å². The van der Waals surface area contributed by atoms with E-state index in [0.29, 0.717) is 43.2 Å². The number of aromatic amines is 1. The average molecular weight is 385 g/mol. The van der Waals surface area contributed by atoms with Crippen LogP contribution in [0.2, 0.25) is 0 Å². The molecule has 0 radical (unpaired) electrons. The maximum Gasteiger partial charge on any atom is 0.272 e. The lowest BCUT2D eigenvalue weighted by molar-refractivity contribution is -0.384. The lowest BCUT2D eigenvalue weighted by atomic mass is 10.0. The van der Waals surface area contributed by atoms with Crippen molar-refractivity contribution in [1.82, 2.24) is 20.4 Å². The molecule has 28 heavy (non-hydrogen) atoms. The number of non-ortho nitro benzene ring substituents is 1. The Morgan fingerprint density at radius 3 is 2.68 bits per heavy atom. The van der Waals surface area contributed by atoms with Gasteiger partial charge in [-0.3, -0.25) is 24.8 Å². The molecule has 2 heterocycles. The second-order valence-electron chi connectivity index (χ2n) is 7.30. The molecule has 0 bridgehead atoms. The molecule has 0 atom stereocenters. The maximum atomic E-state index is 12.7. The number of hydrogen-bond donors (Lipinski definition) is 2. The number of carbonyl (C=O) groups is 2. The van der Waals surface area contributed by atoms with Gasteiger partial charge < -0.3 is 10.2 Å². The Kier molecular flexibility index (Phi) is 5.72. The van der Waals surface area contributed by atoms with Crippen molar-refractivity contribution in [2.24, 2.45) is 5.92 Å². The van der Waals surface area contributed by atoms with E-state index in [9.17, 15) is 19.7 Å². The molecular weight excluding hydrogens is 362 g/mol. The lowest BCUT2D eigenvalue weighted by Gasteiger charge is -2.27. The summed E-state index contributed by atoms with van der Waals surface area (Å²) in [6, 6.07) is 5.97. The summed E-state index contributed by atoms with van der Waals surface area (Å²) in [6.07, 6.45) is 0.756. The molecule has 0 saturated heterocycles. The molecule has 0 spiro atoms. The first-order chi connectivity index (χ1) is 13.3. The van der Waals surface area contributed by atoms with Crippen molar-refractivity contribution in [1.29, 1.82) is 0 Å². The van der Waals surface area contributed by atoms with E-state index < -0.39 is 4.92 Å². The first kappa shape index (κ1) is 19.5. The highest BCUT2D eigenvalue weighted by Crippen LogP contribution is 2.21. The van der Waals surface area contributed by atoms with Gasteiger partial charge in [0.05, 0.1) is 11.3 Å². The Morgan fingerprint density at radius 2 is 2.04 bits per heavy atom. The number of amides is 2. The quantitative estimate of drug-likeness (QED) is 0.580. The van der Waals surface area contributed by atoms with Crippen LogP contribution in [0.25, 0.3) is 0 Å². The number of nitrogens with zero attached hydrogens (tertiary/aromatic N) is 3. The van der Waals surface area contributed by atoms with Crippen LogP contribution >= 0.6 is 0 Å². The molecule has 9 nitrogen and oxygen atoms in total. The molecule has 9 heteroatoms. The van der Waals surface area contributed by atoms with Crippen LogP contribution in [0.3, 0.4) is 0 Å². The van der Waals surface area contributed by atoms with Crippen molar-refractivity contribution in [3.05, 3.63) is 56.9 Å². The standard InChI is InChI=1S/C19H23N5O4/c1-12(2)10-20-19(26)18-15-11-23(8-7-16(15)21-22-18)17(25)9-13-3-5-14(6-4-13)24(27)28/h3-6,12H,7-11H2,1-2H3,(H,20,26)(H,21,22). The molecule has 1 aliphatic rings. The number of nitro benzene ring substituents is 1. The average Bonchev–Trinajstić information content (AvgIpc) is 3.09. The number of nitrogens with one attached hydrogen (secondary N) is 2. The van der Waals surface area contributed by atoms with E-state index in [4.69, 9.17) is 0 Å². The van der Waals surface area contributed by atoms with Crippen molar-refractivity contribution in [3.8, 4) is 0 Å². The summed E-state index contributed by atoms with van der Waals surface area (Å²) in [6.45, 7) is 5.44. The molecule has 3 rings (SSSR count). The zero-order valence-electron chi connectivity index (χ0n) is 15.9. The Morgan fingerprint density at radius 1 is 1.32 bits per heavy atom. The largest absolute Gasteiger partial charge is 0.350 e. The lowest BCUT2D eigenvalue weighted by Crippen LogP contribution is -2.38. The van der Waals surface area contributed by atoms with Gasteiger partial charge in [0.15, 0.2) is 5.69 Å². The summed E-state index contributed by atoms with van der Waals surface area (Å²) >= 11 is 0. The molecule has 1 aromatic heterocycles. The minimum absolute atomic E-state index is 0.00531. The third kappa shape index (κ3) is 4.36. The summed E-state index contributed by atoms with van der Waals surface area (Å²) in [5.41, 5.74) is 2.68. The van der Waals surface area contributed by atoms with Crippen LogP contribution in [0, 0.1) is 16.0 Å². The summed E-state index contributed by atoms with van der Waals surface area (Å²) < 4.78 is 0. The highest BCUT2D eigenvalue weighted by molar-refractivity contribution is 5.94. The number of fused-ring (bicyclic) bond motifs is 1. The Labute approximate surface area is 162 Å². The second-order valence-corrected chi connectivity index (χ2v) is 7.30. The van der Waals surface area contributed by atoms with Crippen molar-refractivity contribution >= 4 is 17.5 Å². The zero-order valence-corrected chi connectivity index (χ0v) is 15.9. The molecule has 0 aliphatic carbocycles. The number of aromatic nitrogens is 2. The van der Waals surface area contributed by atoms with E-state index in [1.54, 1.807) is 17.0 Å². The number of benzene rings is 1. The van der Waals surface area contributed by atoms with E-state index in [2.05, 4.69) is 15.5 Å². The normalized spacial score (nSPS) is 13.3. The molecule has 0 unspecified atom stereocenters. The molecule has 2 N–H and O–H groups in total. The van der Waals surface area contributed by atoms with Crippen LogP contribution < -0.4 is 5.32 Å². The molecule has 0 saturated carbocycles. The molecule has 1 aliphatic heterocycles. The summed E-state index contributed by atoms with van der Waals surface area (Å²) in [5.74, 6) is 0.00333. The summed E-state index contributed by atoms with van der Waals surface area (Å²) in [7, 11) is 0. The van der Waals surface area contributed by atoms with Gasteiger partial charge in [-0.2, -0.15) is 5.10 Å². The minimum atomic E-state index is -0.470. The summed E-state index contributed by atoms with van der Waals surface area (Å²) in [5, 5.41) is 20.6. The van der Waals surface area contributed by atoms with Crippen molar-refractivity contribution < 1.29 is 14.5 Å². The molecular formula is C19H23N5O4. The molecule has 148 valence electrons. The van der Waals surface area contributed by atoms with Gasteiger partial charge in [-0.1, -0.05) is 26.0 Å². The molecule has 2 aromatic rings. The van der Waals surface area contributed by atoms with E-state index in [0.717, 1.165) is 11.3 Å². The van der Waals surface area contributed by atoms with Gasteiger partial charge in [0, 0.05) is 49.4 Å². The first-order valence-corrected chi connectivity index (χ1v) is 9.20. The second kappa shape index (κ2) is 8.20. The monoisotopic (exact) mass is 385 g/mol. The zero-order chi connectivity index (χ0) is 20.3. The smallest absolute Gasteiger partial charge is 0.272 e. The van der Waals surface area contributed by atoms with Gasteiger partial charge in [0.1, 0.15) is 0 Å². The fraction of sp³-hybridized carbons (Fsp3) is 0.421. The number of hydrogen-bond acceptors (Lipinski definition) is 5. The third-order valence-corrected chi connectivity index (χ3v) is 4.67. The van der Waals surface area contributed by atoms with E-state index in [1.807, 2.05) is 13.8 Å². The van der Waals surface area contributed by atoms with Gasteiger partial charge in [-0.25, -0.2) is 0 Å². The third-order valence-electron chi connectivity index (χ3n) is 4.67. The van der Waals surface area contributed by atoms with Gasteiger partial charge in [0.25, 0.3) is 11.6 Å². The van der Waals surface area contributed by atoms with Gasteiger partial charge in [-0.05, 0) is 11.5 Å². The fourth-order valence-corrected chi connectivity index (χ4v) is 3.10. The predicted molar refractivity (Wildman–Crippen MR) is 102 cm³/mol. The van der Waals surface area contributed by atoms with Crippen molar-refractivity contribution in [2.45, 2.75) is 33.2 Å². The van der Waals surface area contributed by atoms with Gasteiger partial charge >= 0.3 is 0 Å². The highest BCUT2D eigenvalue weighted by Gasteiger charge is 2.27. The summed E-state index contributed by atoms with van der Waals surface area (Å²) in [4.78, 5) is 37.0. The highest BCUT2D eigenvalue weighted by atomic mass is 16.6. The van der Waals surface area contributed by atoms with Crippen LogP contribution in [0.5, 0.6) is 0 Å². The first-order valence-electron chi connectivity index (χ1n) is 9.20. The van der Waals surface area contributed by atoms with Crippen molar-refractivity contribution in [2.75, 3.05) is 13.1 Å². The van der Waals surface area contributed by atoms with Crippen LogP contribution in [0.15, 0.2) is 24.3 Å². The van der Waals surface area contributed by atoms with E-state index in [-0.39, 0.29) is 23.9 Å². The Balaban J connectivity index is 1.67.